The third-order valence-corrected chi connectivity index (χ3v) is 2.97. The number of ether oxygens (including phenoxy) is 2. The minimum absolute atomic E-state index is 0.580. The molecule has 1 aromatic rings. The summed E-state index contributed by atoms with van der Waals surface area (Å²) in [5.74, 6) is 1.54. The van der Waals surface area contributed by atoms with E-state index in [1.807, 2.05) is 6.07 Å². The lowest BCUT2D eigenvalue weighted by Crippen LogP contribution is -2.15. The average molecular weight is 249 g/mol. The molecular weight excluding hydrogens is 226 g/mol. The van der Waals surface area contributed by atoms with Crippen LogP contribution in [0.15, 0.2) is 18.2 Å². The molecule has 1 aromatic carbocycles. The molecule has 3 nitrogen and oxygen atoms in total. The Bertz CT molecular complexity index is 377. The largest absolute Gasteiger partial charge is 0.489 e. The SMILES string of the molecule is CC(C)COCCOc1cccc2c1NCCC2. The third kappa shape index (κ3) is 3.64. The predicted molar refractivity (Wildman–Crippen MR) is 74.4 cm³/mol. The molecule has 0 aliphatic carbocycles. The first-order valence-electron chi connectivity index (χ1n) is 6.83. The summed E-state index contributed by atoms with van der Waals surface area (Å²) in [6, 6.07) is 6.26. The molecule has 0 amide bonds. The van der Waals surface area contributed by atoms with Gasteiger partial charge in [0.2, 0.25) is 0 Å². The molecular formula is C15H23NO2. The van der Waals surface area contributed by atoms with Gasteiger partial charge >= 0.3 is 0 Å². The van der Waals surface area contributed by atoms with Gasteiger partial charge in [0.15, 0.2) is 0 Å². The molecule has 1 N–H and O–H groups in total. The number of para-hydroxylation sites is 1. The molecule has 100 valence electrons. The highest BCUT2D eigenvalue weighted by atomic mass is 16.5. The van der Waals surface area contributed by atoms with Crippen molar-refractivity contribution in [2.75, 3.05) is 31.7 Å². The fourth-order valence-electron chi connectivity index (χ4n) is 2.13. The van der Waals surface area contributed by atoms with Crippen LogP contribution >= 0.6 is 0 Å². The Kier molecular flexibility index (Phi) is 4.88. The van der Waals surface area contributed by atoms with E-state index in [4.69, 9.17) is 9.47 Å². The van der Waals surface area contributed by atoms with Crippen molar-refractivity contribution < 1.29 is 9.47 Å². The predicted octanol–water partition coefficient (Wildman–Crippen LogP) is 3.10. The van der Waals surface area contributed by atoms with E-state index in [2.05, 4.69) is 31.3 Å². The minimum atomic E-state index is 0.580. The third-order valence-electron chi connectivity index (χ3n) is 2.97. The van der Waals surface area contributed by atoms with Gasteiger partial charge in [-0.2, -0.15) is 0 Å². The Morgan fingerprint density at radius 1 is 1.28 bits per heavy atom. The van der Waals surface area contributed by atoms with Crippen molar-refractivity contribution in [2.24, 2.45) is 5.92 Å². The van der Waals surface area contributed by atoms with E-state index in [9.17, 15) is 0 Å². The Labute approximate surface area is 109 Å². The van der Waals surface area contributed by atoms with Crippen LogP contribution in [0.5, 0.6) is 5.75 Å². The second-order valence-corrected chi connectivity index (χ2v) is 5.14. The number of benzene rings is 1. The van der Waals surface area contributed by atoms with Crippen LogP contribution in [0.25, 0.3) is 0 Å². The monoisotopic (exact) mass is 249 g/mol. The topological polar surface area (TPSA) is 30.5 Å². The highest BCUT2D eigenvalue weighted by Crippen LogP contribution is 2.31. The summed E-state index contributed by atoms with van der Waals surface area (Å²) in [4.78, 5) is 0. The van der Waals surface area contributed by atoms with Crippen molar-refractivity contribution in [2.45, 2.75) is 26.7 Å². The Morgan fingerprint density at radius 3 is 3.00 bits per heavy atom. The number of hydrogen-bond acceptors (Lipinski definition) is 3. The maximum atomic E-state index is 5.80. The lowest BCUT2D eigenvalue weighted by atomic mass is 10.0. The summed E-state index contributed by atoms with van der Waals surface area (Å²) in [6.07, 6.45) is 2.34. The van der Waals surface area contributed by atoms with Crippen LogP contribution in [0.2, 0.25) is 0 Å². The van der Waals surface area contributed by atoms with Crippen molar-refractivity contribution in [1.82, 2.24) is 0 Å². The van der Waals surface area contributed by atoms with Crippen molar-refractivity contribution in [1.29, 1.82) is 0 Å². The zero-order valence-electron chi connectivity index (χ0n) is 11.4. The molecule has 1 aliphatic rings. The van der Waals surface area contributed by atoms with Crippen LogP contribution in [0.3, 0.4) is 0 Å². The summed E-state index contributed by atoms with van der Waals surface area (Å²) in [6.45, 7) is 7.41. The fraction of sp³-hybridized carbons (Fsp3) is 0.600. The van der Waals surface area contributed by atoms with E-state index < -0.39 is 0 Å². The molecule has 0 unspecified atom stereocenters. The highest BCUT2D eigenvalue weighted by Gasteiger charge is 2.12. The lowest BCUT2D eigenvalue weighted by molar-refractivity contribution is 0.0820. The van der Waals surface area contributed by atoms with Crippen LogP contribution < -0.4 is 10.1 Å². The molecule has 0 aromatic heterocycles. The van der Waals surface area contributed by atoms with E-state index in [1.54, 1.807) is 0 Å². The molecule has 2 rings (SSSR count). The fourth-order valence-corrected chi connectivity index (χ4v) is 2.13. The average Bonchev–Trinajstić information content (AvgIpc) is 2.38. The van der Waals surface area contributed by atoms with Gasteiger partial charge < -0.3 is 14.8 Å². The van der Waals surface area contributed by atoms with Crippen molar-refractivity contribution >= 4 is 5.69 Å². The number of fused-ring (bicyclic) bond motifs is 1. The van der Waals surface area contributed by atoms with E-state index in [0.29, 0.717) is 19.1 Å². The van der Waals surface area contributed by atoms with Crippen LogP contribution in [0.4, 0.5) is 5.69 Å². The highest BCUT2D eigenvalue weighted by molar-refractivity contribution is 5.63. The molecule has 18 heavy (non-hydrogen) atoms. The molecule has 0 saturated carbocycles. The normalized spacial score (nSPS) is 14.2. The van der Waals surface area contributed by atoms with Gasteiger partial charge in [-0.1, -0.05) is 26.0 Å². The Balaban J connectivity index is 1.82. The first-order chi connectivity index (χ1) is 8.77. The molecule has 0 fully saturated rings. The van der Waals surface area contributed by atoms with E-state index in [1.165, 1.54) is 17.7 Å². The molecule has 0 atom stereocenters. The van der Waals surface area contributed by atoms with Gasteiger partial charge in [-0.15, -0.1) is 0 Å². The molecule has 0 bridgehead atoms. The van der Waals surface area contributed by atoms with Crippen LogP contribution in [0, 0.1) is 5.92 Å². The number of hydrogen-bond donors (Lipinski definition) is 1. The summed E-state index contributed by atoms with van der Waals surface area (Å²) < 4.78 is 11.3. The number of rotatable bonds is 6. The molecule has 0 spiro atoms. The second kappa shape index (κ2) is 6.64. The van der Waals surface area contributed by atoms with Crippen molar-refractivity contribution in [3.63, 3.8) is 0 Å². The molecule has 1 heterocycles. The Morgan fingerprint density at radius 2 is 2.17 bits per heavy atom. The van der Waals surface area contributed by atoms with Crippen molar-refractivity contribution in [3.8, 4) is 5.75 Å². The zero-order chi connectivity index (χ0) is 12.8. The summed E-state index contributed by atoms with van der Waals surface area (Å²) in [5, 5.41) is 3.42. The van der Waals surface area contributed by atoms with Crippen LogP contribution in [-0.4, -0.2) is 26.4 Å². The molecule has 1 aliphatic heterocycles. The maximum absolute atomic E-state index is 5.80. The van der Waals surface area contributed by atoms with Crippen LogP contribution in [-0.2, 0) is 11.2 Å². The standard InChI is InChI=1S/C15H23NO2/c1-12(2)11-17-9-10-18-14-7-3-5-13-6-4-8-16-15(13)14/h3,5,7,12,16H,4,6,8-11H2,1-2H3. The van der Waals surface area contributed by atoms with Gasteiger partial charge in [0, 0.05) is 13.2 Å². The van der Waals surface area contributed by atoms with Gasteiger partial charge in [0.25, 0.3) is 0 Å². The summed E-state index contributed by atoms with van der Waals surface area (Å²) in [5.41, 5.74) is 2.54. The van der Waals surface area contributed by atoms with Gasteiger partial charge in [-0.3, -0.25) is 0 Å². The first-order valence-corrected chi connectivity index (χ1v) is 6.83. The van der Waals surface area contributed by atoms with Gasteiger partial charge in [-0.25, -0.2) is 0 Å². The second-order valence-electron chi connectivity index (χ2n) is 5.14. The molecule has 0 radical (unpaired) electrons. The zero-order valence-corrected chi connectivity index (χ0v) is 11.4. The number of aryl methyl sites for hydroxylation is 1. The maximum Gasteiger partial charge on any atom is 0.142 e. The number of anilines is 1. The number of nitrogens with one attached hydrogen (secondary N) is 1. The molecule has 0 saturated heterocycles. The quantitative estimate of drug-likeness (QED) is 0.786. The van der Waals surface area contributed by atoms with Crippen molar-refractivity contribution in [3.05, 3.63) is 23.8 Å². The van der Waals surface area contributed by atoms with Gasteiger partial charge in [-0.05, 0) is 30.4 Å². The minimum Gasteiger partial charge on any atom is -0.489 e. The van der Waals surface area contributed by atoms with Gasteiger partial charge in [0.05, 0.1) is 12.3 Å². The summed E-state index contributed by atoms with van der Waals surface area (Å²) >= 11 is 0. The smallest absolute Gasteiger partial charge is 0.142 e. The first kappa shape index (κ1) is 13.2. The molecule has 3 heteroatoms. The van der Waals surface area contributed by atoms with E-state index in [-0.39, 0.29) is 0 Å². The van der Waals surface area contributed by atoms with Gasteiger partial charge in [0.1, 0.15) is 12.4 Å². The van der Waals surface area contributed by atoms with E-state index >= 15 is 0 Å². The lowest BCUT2D eigenvalue weighted by Gasteiger charge is -2.21. The van der Waals surface area contributed by atoms with Crippen LogP contribution in [0.1, 0.15) is 25.8 Å². The summed E-state index contributed by atoms with van der Waals surface area (Å²) in [7, 11) is 0. The van der Waals surface area contributed by atoms with E-state index in [0.717, 1.165) is 25.3 Å². The Hall–Kier alpha value is -1.22.